The first-order valence-corrected chi connectivity index (χ1v) is 8.02. The minimum absolute atomic E-state index is 0.0355. The lowest BCUT2D eigenvalue weighted by atomic mass is 9.93. The van der Waals surface area contributed by atoms with Crippen LogP contribution in [-0.4, -0.2) is 21.9 Å². The lowest BCUT2D eigenvalue weighted by Gasteiger charge is -2.32. The van der Waals surface area contributed by atoms with Crippen molar-refractivity contribution in [1.29, 1.82) is 0 Å². The fourth-order valence-electron chi connectivity index (χ4n) is 3.31. The Balaban J connectivity index is 1.78. The number of rotatable bonds is 3. The number of halogens is 1. The van der Waals surface area contributed by atoms with Crippen LogP contribution in [0.1, 0.15) is 29.6 Å². The van der Waals surface area contributed by atoms with Gasteiger partial charge in [-0.2, -0.15) is 4.98 Å². The van der Waals surface area contributed by atoms with Gasteiger partial charge in [0, 0.05) is 5.56 Å². The van der Waals surface area contributed by atoms with E-state index in [9.17, 15) is 4.39 Å². The molecular formula is C18H18FN5O. The summed E-state index contributed by atoms with van der Waals surface area (Å²) in [6.07, 6.45) is 0.710. The van der Waals surface area contributed by atoms with Crippen molar-refractivity contribution < 1.29 is 9.13 Å². The van der Waals surface area contributed by atoms with Crippen molar-refractivity contribution in [2.75, 3.05) is 18.2 Å². The lowest BCUT2D eigenvalue weighted by molar-refractivity contribution is 0.380. The minimum atomic E-state index is -0.256. The van der Waals surface area contributed by atoms with E-state index in [1.54, 1.807) is 23.9 Å². The van der Waals surface area contributed by atoms with E-state index in [2.05, 4.69) is 15.4 Å². The van der Waals surface area contributed by atoms with Gasteiger partial charge >= 0.3 is 0 Å². The molecule has 7 heteroatoms. The Morgan fingerprint density at radius 2 is 1.96 bits per heavy atom. The highest BCUT2D eigenvalue weighted by molar-refractivity contribution is 5.44. The fourth-order valence-corrected chi connectivity index (χ4v) is 3.31. The van der Waals surface area contributed by atoms with Gasteiger partial charge in [0.25, 0.3) is 0 Å². The molecule has 0 spiro atoms. The van der Waals surface area contributed by atoms with Gasteiger partial charge in [-0.15, -0.1) is 5.10 Å². The van der Waals surface area contributed by atoms with Gasteiger partial charge < -0.3 is 15.8 Å². The van der Waals surface area contributed by atoms with Gasteiger partial charge in [0.05, 0.1) is 19.2 Å². The second-order valence-electron chi connectivity index (χ2n) is 5.98. The molecule has 0 amide bonds. The molecule has 4 rings (SSSR count). The van der Waals surface area contributed by atoms with E-state index in [1.807, 2.05) is 24.3 Å². The molecule has 1 aliphatic rings. The summed E-state index contributed by atoms with van der Waals surface area (Å²) in [7, 11) is 1.65. The van der Waals surface area contributed by atoms with E-state index in [0.29, 0.717) is 12.4 Å². The highest BCUT2D eigenvalue weighted by Gasteiger charge is 2.32. The molecule has 2 atom stereocenters. The standard InChI is InChI=1S/C18H18FN5O/c1-25-16-5-3-2-4-13(16)15-10-14(11-6-8-12(19)9-7-11)21-18-22-17(20)23-24(15)18/h2-9,14-15H,10H2,1H3,(H3,20,21,22,23). The second-order valence-corrected chi connectivity index (χ2v) is 5.98. The van der Waals surface area contributed by atoms with Gasteiger partial charge in [-0.25, -0.2) is 9.07 Å². The van der Waals surface area contributed by atoms with Gasteiger partial charge in [-0.3, -0.25) is 0 Å². The summed E-state index contributed by atoms with van der Waals surface area (Å²) in [5, 5.41) is 7.67. The zero-order chi connectivity index (χ0) is 17.4. The maximum Gasteiger partial charge on any atom is 0.241 e. The summed E-state index contributed by atoms with van der Waals surface area (Å²) in [5.41, 5.74) is 7.79. The third kappa shape index (κ3) is 2.77. The molecule has 0 bridgehead atoms. The SMILES string of the molecule is COc1ccccc1C1CC(c2ccc(F)cc2)Nc2nc(N)nn21. The largest absolute Gasteiger partial charge is 0.496 e. The molecule has 128 valence electrons. The summed E-state index contributed by atoms with van der Waals surface area (Å²) in [5.74, 6) is 1.33. The summed E-state index contributed by atoms with van der Waals surface area (Å²) >= 11 is 0. The van der Waals surface area contributed by atoms with Crippen LogP contribution in [0.5, 0.6) is 5.75 Å². The quantitative estimate of drug-likeness (QED) is 0.766. The monoisotopic (exact) mass is 339 g/mol. The zero-order valence-electron chi connectivity index (χ0n) is 13.7. The van der Waals surface area contributed by atoms with Crippen molar-refractivity contribution in [2.24, 2.45) is 0 Å². The molecule has 6 nitrogen and oxygen atoms in total. The smallest absolute Gasteiger partial charge is 0.241 e. The van der Waals surface area contributed by atoms with E-state index in [-0.39, 0.29) is 23.8 Å². The Morgan fingerprint density at radius 1 is 1.20 bits per heavy atom. The average molecular weight is 339 g/mol. The molecule has 3 aromatic rings. The number of nitrogens with two attached hydrogens (primary N) is 1. The Labute approximate surface area is 144 Å². The topological polar surface area (TPSA) is 78.0 Å². The van der Waals surface area contributed by atoms with Gasteiger partial charge in [0.1, 0.15) is 11.6 Å². The van der Waals surface area contributed by atoms with Crippen molar-refractivity contribution in [3.05, 3.63) is 65.5 Å². The molecule has 0 saturated carbocycles. The number of hydrogen-bond donors (Lipinski definition) is 2. The molecule has 2 unspecified atom stereocenters. The van der Waals surface area contributed by atoms with Gasteiger partial charge in [0.2, 0.25) is 11.9 Å². The van der Waals surface area contributed by atoms with Gasteiger partial charge in [-0.1, -0.05) is 30.3 Å². The number of para-hydroxylation sites is 1. The first kappa shape index (κ1) is 15.4. The molecular weight excluding hydrogens is 321 g/mol. The number of benzene rings is 2. The molecule has 1 aliphatic heterocycles. The maximum atomic E-state index is 13.3. The van der Waals surface area contributed by atoms with Crippen molar-refractivity contribution in [1.82, 2.24) is 14.8 Å². The highest BCUT2D eigenvalue weighted by Crippen LogP contribution is 2.40. The van der Waals surface area contributed by atoms with E-state index < -0.39 is 0 Å². The van der Waals surface area contributed by atoms with Gasteiger partial charge in [0.15, 0.2) is 0 Å². The van der Waals surface area contributed by atoms with E-state index >= 15 is 0 Å². The lowest BCUT2D eigenvalue weighted by Crippen LogP contribution is -2.28. The summed E-state index contributed by atoms with van der Waals surface area (Å²) in [6, 6.07) is 14.2. The molecule has 3 N–H and O–H groups in total. The number of nitrogen functional groups attached to an aromatic ring is 1. The molecule has 0 radical (unpaired) electrons. The number of ether oxygens (including phenoxy) is 1. The fraction of sp³-hybridized carbons (Fsp3) is 0.222. The van der Waals surface area contributed by atoms with Crippen LogP contribution in [0.2, 0.25) is 0 Å². The maximum absolute atomic E-state index is 13.3. The van der Waals surface area contributed by atoms with Crippen LogP contribution in [0.15, 0.2) is 48.5 Å². The van der Waals surface area contributed by atoms with Crippen LogP contribution in [-0.2, 0) is 0 Å². The molecule has 2 heterocycles. The summed E-state index contributed by atoms with van der Waals surface area (Å²) < 4.78 is 20.6. The minimum Gasteiger partial charge on any atom is -0.496 e. The van der Waals surface area contributed by atoms with Crippen molar-refractivity contribution in [2.45, 2.75) is 18.5 Å². The Morgan fingerprint density at radius 3 is 2.72 bits per heavy atom. The average Bonchev–Trinajstić information content (AvgIpc) is 3.01. The Hall–Kier alpha value is -3.09. The van der Waals surface area contributed by atoms with E-state index in [1.165, 1.54) is 12.1 Å². The molecule has 0 fully saturated rings. The molecule has 25 heavy (non-hydrogen) atoms. The number of hydrogen-bond acceptors (Lipinski definition) is 5. The predicted molar refractivity (Wildman–Crippen MR) is 92.9 cm³/mol. The molecule has 0 saturated heterocycles. The summed E-state index contributed by atoms with van der Waals surface area (Å²) in [6.45, 7) is 0. The first-order chi connectivity index (χ1) is 12.2. The molecule has 1 aromatic heterocycles. The third-order valence-electron chi connectivity index (χ3n) is 4.48. The van der Waals surface area contributed by atoms with Crippen LogP contribution < -0.4 is 15.8 Å². The van der Waals surface area contributed by atoms with Crippen molar-refractivity contribution in [3.63, 3.8) is 0 Å². The number of nitrogens with one attached hydrogen (secondary N) is 1. The van der Waals surface area contributed by atoms with E-state index in [0.717, 1.165) is 16.9 Å². The van der Waals surface area contributed by atoms with Gasteiger partial charge in [-0.05, 0) is 30.2 Å². The Bertz CT molecular complexity index is 893. The normalized spacial score (nSPS) is 19.1. The Kier molecular flexibility index (Phi) is 3.76. The zero-order valence-corrected chi connectivity index (χ0v) is 13.7. The van der Waals surface area contributed by atoms with Crippen molar-refractivity contribution >= 4 is 11.9 Å². The van der Waals surface area contributed by atoms with Crippen LogP contribution in [0.25, 0.3) is 0 Å². The van der Waals surface area contributed by atoms with Crippen LogP contribution in [0.4, 0.5) is 16.3 Å². The number of anilines is 2. The number of fused-ring (bicyclic) bond motifs is 1. The third-order valence-corrected chi connectivity index (χ3v) is 4.48. The number of aromatic nitrogens is 3. The van der Waals surface area contributed by atoms with Crippen LogP contribution in [0.3, 0.4) is 0 Å². The molecule has 2 aromatic carbocycles. The van der Waals surface area contributed by atoms with Crippen LogP contribution in [0, 0.1) is 5.82 Å². The highest BCUT2D eigenvalue weighted by atomic mass is 19.1. The molecule has 0 aliphatic carbocycles. The first-order valence-electron chi connectivity index (χ1n) is 8.02. The number of methoxy groups -OCH3 is 1. The predicted octanol–water partition coefficient (Wildman–Crippen LogP) is 3.15. The second kappa shape index (κ2) is 6.08. The van der Waals surface area contributed by atoms with Crippen molar-refractivity contribution in [3.8, 4) is 5.75 Å². The summed E-state index contributed by atoms with van der Waals surface area (Å²) in [4.78, 5) is 4.28. The van der Waals surface area contributed by atoms with E-state index in [4.69, 9.17) is 10.5 Å². The number of nitrogens with zero attached hydrogens (tertiary/aromatic N) is 3. The van der Waals surface area contributed by atoms with Crippen LogP contribution >= 0.6 is 0 Å².